The van der Waals surface area contributed by atoms with E-state index in [9.17, 15) is 4.39 Å². The number of fused-ring (bicyclic) bond motifs is 1. The minimum Gasteiger partial charge on any atom is -0.439 e. The molecule has 1 aromatic carbocycles. The smallest absolute Gasteiger partial charge is 0.199 e. The third-order valence-electron chi connectivity index (χ3n) is 3.96. The van der Waals surface area contributed by atoms with Crippen LogP contribution in [0.4, 0.5) is 4.39 Å². The van der Waals surface area contributed by atoms with Crippen molar-refractivity contribution < 1.29 is 8.81 Å². The van der Waals surface area contributed by atoms with Crippen molar-refractivity contribution in [1.82, 2.24) is 4.98 Å². The zero-order chi connectivity index (χ0) is 13.4. The molecule has 0 saturated heterocycles. The fraction of sp³-hybridized carbons (Fsp3) is 0.500. The number of hydrogen-bond acceptors (Lipinski definition) is 3. The first-order valence-electron chi connectivity index (χ1n) is 6.64. The molecule has 1 aliphatic carbocycles. The van der Waals surface area contributed by atoms with Crippen molar-refractivity contribution in [2.24, 2.45) is 11.7 Å². The summed E-state index contributed by atoms with van der Waals surface area (Å²) in [4.78, 5) is 4.41. The summed E-state index contributed by atoms with van der Waals surface area (Å²) in [7, 11) is 0. The van der Waals surface area contributed by atoms with Crippen LogP contribution in [0.15, 0.2) is 16.5 Å². The van der Waals surface area contributed by atoms with Gasteiger partial charge < -0.3 is 10.2 Å². The van der Waals surface area contributed by atoms with Gasteiger partial charge in [0.15, 0.2) is 11.5 Å². The van der Waals surface area contributed by atoms with Crippen LogP contribution < -0.4 is 5.73 Å². The van der Waals surface area contributed by atoms with Crippen LogP contribution in [0.2, 0.25) is 5.02 Å². The second-order valence-electron chi connectivity index (χ2n) is 5.17. The Bertz CT molecular complexity index is 598. The normalized spacial score (nSPS) is 23.9. The molecule has 19 heavy (non-hydrogen) atoms. The summed E-state index contributed by atoms with van der Waals surface area (Å²) in [5.41, 5.74) is 6.78. The number of nitrogens with two attached hydrogens (primary N) is 1. The maximum atomic E-state index is 13.3. The SMILES string of the molecule is NCC1CCCCC1c1nc2cc(F)cc(Cl)c2o1. The van der Waals surface area contributed by atoms with Crippen LogP contribution in [-0.4, -0.2) is 11.5 Å². The van der Waals surface area contributed by atoms with Gasteiger partial charge in [-0.15, -0.1) is 0 Å². The standard InChI is InChI=1S/C14H16ClFN2O/c15-11-5-9(16)6-12-13(11)19-14(18-12)10-4-2-1-3-8(10)7-17/h5-6,8,10H,1-4,7,17H2. The third-order valence-corrected chi connectivity index (χ3v) is 4.24. The Morgan fingerprint density at radius 2 is 2.16 bits per heavy atom. The van der Waals surface area contributed by atoms with Crippen LogP contribution in [-0.2, 0) is 0 Å². The molecule has 0 amide bonds. The Hall–Kier alpha value is -1.13. The van der Waals surface area contributed by atoms with Gasteiger partial charge in [0, 0.05) is 12.0 Å². The van der Waals surface area contributed by atoms with Gasteiger partial charge in [0.25, 0.3) is 0 Å². The number of nitrogens with zero attached hydrogens (tertiary/aromatic N) is 1. The summed E-state index contributed by atoms with van der Waals surface area (Å²) in [6.07, 6.45) is 4.48. The Labute approximate surface area is 115 Å². The first-order valence-corrected chi connectivity index (χ1v) is 7.02. The average molecular weight is 283 g/mol. The molecule has 3 rings (SSSR count). The second kappa shape index (κ2) is 5.10. The largest absolute Gasteiger partial charge is 0.439 e. The highest BCUT2D eigenvalue weighted by molar-refractivity contribution is 6.34. The number of hydrogen-bond donors (Lipinski definition) is 1. The lowest BCUT2D eigenvalue weighted by atomic mass is 9.79. The molecule has 0 spiro atoms. The third kappa shape index (κ3) is 2.35. The monoisotopic (exact) mass is 282 g/mol. The number of oxazole rings is 1. The molecule has 3 nitrogen and oxygen atoms in total. The summed E-state index contributed by atoms with van der Waals surface area (Å²) in [5.74, 6) is 0.879. The molecule has 102 valence electrons. The maximum absolute atomic E-state index is 13.3. The van der Waals surface area contributed by atoms with Crippen molar-refractivity contribution in [3.8, 4) is 0 Å². The number of halogens is 2. The van der Waals surface area contributed by atoms with E-state index in [4.69, 9.17) is 21.8 Å². The van der Waals surface area contributed by atoms with Crippen LogP contribution in [0.3, 0.4) is 0 Å². The first-order chi connectivity index (χ1) is 9.19. The Kier molecular flexibility index (Phi) is 3.46. The zero-order valence-corrected chi connectivity index (χ0v) is 11.3. The quantitative estimate of drug-likeness (QED) is 0.910. The molecule has 0 bridgehead atoms. The molecule has 2 aromatic rings. The minimum atomic E-state index is -0.392. The van der Waals surface area contributed by atoms with Gasteiger partial charge >= 0.3 is 0 Å². The van der Waals surface area contributed by atoms with E-state index in [1.165, 1.54) is 18.6 Å². The highest BCUT2D eigenvalue weighted by atomic mass is 35.5. The molecular weight excluding hydrogens is 267 g/mol. The molecule has 2 unspecified atom stereocenters. The van der Waals surface area contributed by atoms with Crippen molar-refractivity contribution in [2.75, 3.05) is 6.54 Å². The molecule has 1 fully saturated rings. The van der Waals surface area contributed by atoms with E-state index in [1.54, 1.807) is 0 Å². The molecule has 0 radical (unpaired) electrons. The van der Waals surface area contributed by atoms with Gasteiger partial charge in [-0.1, -0.05) is 24.4 Å². The zero-order valence-electron chi connectivity index (χ0n) is 10.5. The number of benzene rings is 1. The first kappa shape index (κ1) is 12.9. The molecule has 1 saturated carbocycles. The lowest BCUT2D eigenvalue weighted by molar-refractivity contribution is 0.275. The second-order valence-corrected chi connectivity index (χ2v) is 5.58. The van der Waals surface area contributed by atoms with Crippen molar-refractivity contribution in [3.63, 3.8) is 0 Å². The molecular formula is C14H16ClFN2O. The summed E-state index contributed by atoms with van der Waals surface area (Å²) < 4.78 is 19.1. The highest BCUT2D eigenvalue weighted by Crippen LogP contribution is 2.38. The summed E-state index contributed by atoms with van der Waals surface area (Å²) in [6.45, 7) is 0.630. The van der Waals surface area contributed by atoms with E-state index in [1.807, 2.05) is 0 Å². The number of rotatable bonds is 2. The van der Waals surface area contributed by atoms with Crippen molar-refractivity contribution in [1.29, 1.82) is 0 Å². The van der Waals surface area contributed by atoms with E-state index >= 15 is 0 Å². The van der Waals surface area contributed by atoms with Gasteiger partial charge in [0.05, 0.1) is 5.02 Å². The minimum absolute atomic E-state index is 0.227. The topological polar surface area (TPSA) is 52.0 Å². The summed E-state index contributed by atoms with van der Waals surface area (Å²) >= 11 is 5.99. The van der Waals surface area contributed by atoms with E-state index in [0.717, 1.165) is 19.3 Å². The van der Waals surface area contributed by atoms with Crippen molar-refractivity contribution in [2.45, 2.75) is 31.6 Å². The maximum Gasteiger partial charge on any atom is 0.199 e. The predicted molar refractivity (Wildman–Crippen MR) is 72.7 cm³/mol. The van der Waals surface area contributed by atoms with Crippen LogP contribution >= 0.6 is 11.6 Å². The van der Waals surface area contributed by atoms with Crippen LogP contribution in [0.5, 0.6) is 0 Å². The van der Waals surface area contributed by atoms with Gasteiger partial charge in [-0.05, 0) is 31.4 Å². The van der Waals surface area contributed by atoms with Crippen molar-refractivity contribution >= 4 is 22.7 Å². The Balaban J connectivity index is 2.02. The van der Waals surface area contributed by atoms with E-state index in [2.05, 4.69) is 4.98 Å². The van der Waals surface area contributed by atoms with Gasteiger partial charge in [0.1, 0.15) is 11.3 Å². The lowest BCUT2D eigenvalue weighted by Gasteiger charge is -2.27. The van der Waals surface area contributed by atoms with E-state index < -0.39 is 5.82 Å². The predicted octanol–water partition coefficient (Wildman–Crippen LogP) is 3.85. The van der Waals surface area contributed by atoms with Gasteiger partial charge in [-0.25, -0.2) is 9.37 Å². The van der Waals surface area contributed by atoms with E-state index in [-0.39, 0.29) is 10.9 Å². The lowest BCUT2D eigenvalue weighted by Crippen LogP contribution is -2.25. The average Bonchev–Trinajstić information content (AvgIpc) is 2.82. The summed E-state index contributed by atoms with van der Waals surface area (Å²) in [6, 6.07) is 2.61. The van der Waals surface area contributed by atoms with Crippen molar-refractivity contribution in [3.05, 3.63) is 28.9 Å². The summed E-state index contributed by atoms with van der Waals surface area (Å²) in [5, 5.41) is 0.272. The van der Waals surface area contributed by atoms with Gasteiger partial charge in [0.2, 0.25) is 0 Å². The Morgan fingerprint density at radius 1 is 1.37 bits per heavy atom. The number of aromatic nitrogens is 1. The fourth-order valence-electron chi connectivity index (χ4n) is 2.95. The Morgan fingerprint density at radius 3 is 2.95 bits per heavy atom. The molecule has 0 aliphatic heterocycles. The highest BCUT2D eigenvalue weighted by Gasteiger charge is 2.29. The molecule has 1 aromatic heterocycles. The molecule has 1 aliphatic rings. The molecule has 2 N–H and O–H groups in total. The van der Waals surface area contributed by atoms with Crippen LogP contribution in [0, 0.1) is 11.7 Å². The molecule has 5 heteroatoms. The fourth-order valence-corrected chi connectivity index (χ4v) is 3.19. The molecule has 1 heterocycles. The van der Waals surface area contributed by atoms with E-state index in [0.29, 0.717) is 29.5 Å². The van der Waals surface area contributed by atoms with Crippen LogP contribution in [0.25, 0.3) is 11.1 Å². The van der Waals surface area contributed by atoms with Crippen LogP contribution in [0.1, 0.15) is 37.5 Å². The van der Waals surface area contributed by atoms with Gasteiger partial charge in [-0.3, -0.25) is 0 Å². The molecule has 2 atom stereocenters. The van der Waals surface area contributed by atoms with Gasteiger partial charge in [-0.2, -0.15) is 0 Å².